The van der Waals surface area contributed by atoms with Gasteiger partial charge in [-0.25, -0.2) is 9.59 Å². The fourth-order valence-corrected chi connectivity index (χ4v) is 8.36. The highest BCUT2D eigenvalue weighted by molar-refractivity contribution is 5.93. The molecule has 4 saturated heterocycles. The molecule has 0 radical (unpaired) electrons. The van der Waals surface area contributed by atoms with Crippen molar-refractivity contribution in [1.82, 2.24) is 0 Å². The molecular formula is C38H58O12. The van der Waals surface area contributed by atoms with E-state index in [4.69, 9.17) is 47.4 Å². The van der Waals surface area contributed by atoms with Crippen LogP contribution in [0.1, 0.15) is 74.1 Å². The van der Waals surface area contributed by atoms with Crippen molar-refractivity contribution in [3.8, 4) is 0 Å². The molecule has 1 aromatic rings. The first-order chi connectivity index (χ1) is 24.1. The second kappa shape index (κ2) is 16.2. The van der Waals surface area contributed by atoms with E-state index in [0.717, 1.165) is 25.7 Å². The Morgan fingerprint density at radius 1 is 0.500 bits per heavy atom. The van der Waals surface area contributed by atoms with E-state index in [0.29, 0.717) is 52.9 Å². The third-order valence-electron chi connectivity index (χ3n) is 12.4. The number of methoxy groups -OCH3 is 4. The highest BCUT2D eigenvalue weighted by Crippen LogP contribution is 2.47. The van der Waals surface area contributed by atoms with E-state index in [9.17, 15) is 9.59 Å². The lowest BCUT2D eigenvalue weighted by atomic mass is 9.68. The second-order valence-electron chi connectivity index (χ2n) is 14.8. The molecule has 4 heterocycles. The third kappa shape index (κ3) is 6.87. The smallest absolute Gasteiger partial charge is 0.338 e. The van der Waals surface area contributed by atoms with Crippen molar-refractivity contribution in [2.75, 3.05) is 81.3 Å². The average molecular weight is 707 g/mol. The molecule has 4 atom stereocenters. The normalized spacial score (nSPS) is 24.8. The Morgan fingerprint density at radius 3 is 0.860 bits per heavy atom. The minimum atomic E-state index is -0.727. The number of rotatable bonds is 20. The Hall–Kier alpha value is -2.16. The summed E-state index contributed by atoms with van der Waals surface area (Å²) in [6.07, 6.45) is -0.162. The standard InChI is InChI=1S/C38H58O12/c1-9-35(17-45-18-35)29(41-5)27(30(42-6)36(10-2)19-46-20-36)49-33(39)25-13-15-26(16-14-25)34(40)50-28(31(43-7)37(11-3)21-47-22-37)32(44-8)38(12-4)23-48-24-38/h13-16,27-32H,9-12,17-24H2,1-8H3. The van der Waals surface area contributed by atoms with Crippen LogP contribution < -0.4 is 0 Å². The van der Waals surface area contributed by atoms with Gasteiger partial charge in [-0.05, 0) is 49.9 Å². The first kappa shape index (κ1) is 39.1. The van der Waals surface area contributed by atoms with E-state index < -0.39 is 48.6 Å². The summed E-state index contributed by atoms with van der Waals surface area (Å²) in [5.74, 6) is -1.09. The van der Waals surface area contributed by atoms with Gasteiger partial charge in [0.05, 0.1) is 64.0 Å². The molecule has 4 aliphatic rings. The Bertz CT molecular complexity index is 1090. The van der Waals surface area contributed by atoms with Crippen molar-refractivity contribution in [1.29, 1.82) is 0 Å². The molecule has 12 nitrogen and oxygen atoms in total. The Morgan fingerprint density at radius 2 is 0.720 bits per heavy atom. The Kier molecular flexibility index (Phi) is 12.7. The van der Waals surface area contributed by atoms with Crippen LogP contribution in [0.2, 0.25) is 0 Å². The van der Waals surface area contributed by atoms with Gasteiger partial charge in [0.15, 0.2) is 12.2 Å². The van der Waals surface area contributed by atoms with E-state index in [2.05, 4.69) is 27.7 Å². The van der Waals surface area contributed by atoms with Gasteiger partial charge in [0.1, 0.15) is 24.4 Å². The molecule has 4 unspecified atom stereocenters. The van der Waals surface area contributed by atoms with Gasteiger partial charge < -0.3 is 47.4 Å². The zero-order chi connectivity index (χ0) is 36.2. The van der Waals surface area contributed by atoms with Crippen LogP contribution in [0, 0.1) is 21.7 Å². The zero-order valence-electron chi connectivity index (χ0n) is 31.2. The third-order valence-corrected chi connectivity index (χ3v) is 12.4. The van der Waals surface area contributed by atoms with Crippen LogP contribution in [0.3, 0.4) is 0 Å². The van der Waals surface area contributed by atoms with Gasteiger partial charge in [-0.1, -0.05) is 27.7 Å². The summed E-state index contributed by atoms with van der Waals surface area (Å²) in [6, 6.07) is 6.34. The summed E-state index contributed by atoms with van der Waals surface area (Å²) in [6.45, 7) is 12.4. The summed E-state index contributed by atoms with van der Waals surface area (Å²) in [7, 11) is 6.56. The molecule has 1 aromatic carbocycles. The first-order valence-electron chi connectivity index (χ1n) is 18.1. The highest BCUT2D eigenvalue weighted by Gasteiger charge is 2.59. The molecule has 0 amide bonds. The number of ether oxygens (including phenoxy) is 10. The predicted octanol–water partition coefficient (Wildman–Crippen LogP) is 4.50. The van der Waals surface area contributed by atoms with E-state index in [1.54, 1.807) is 52.7 Å². The van der Waals surface area contributed by atoms with Gasteiger partial charge >= 0.3 is 11.9 Å². The molecular weight excluding hydrogens is 648 g/mol. The molecule has 5 rings (SSSR count). The van der Waals surface area contributed by atoms with Gasteiger partial charge in [-0.2, -0.15) is 0 Å². The molecule has 0 spiro atoms. The van der Waals surface area contributed by atoms with Crippen molar-refractivity contribution in [2.45, 2.75) is 90.0 Å². The lowest BCUT2D eigenvalue weighted by Gasteiger charge is -2.53. The number of hydrogen-bond donors (Lipinski definition) is 0. The van der Waals surface area contributed by atoms with Crippen LogP contribution in [0.15, 0.2) is 24.3 Å². The van der Waals surface area contributed by atoms with Crippen molar-refractivity contribution < 1.29 is 57.0 Å². The van der Waals surface area contributed by atoms with Crippen LogP contribution >= 0.6 is 0 Å². The number of carbonyl (C=O) groups is 2. The Labute approximate surface area is 297 Å². The van der Waals surface area contributed by atoms with Crippen molar-refractivity contribution in [3.05, 3.63) is 35.4 Å². The molecule has 4 fully saturated rings. The van der Waals surface area contributed by atoms with Crippen molar-refractivity contribution >= 4 is 11.9 Å². The fourth-order valence-electron chi connectivity index (χ4n) is 8.36. The monoisotopic (exact) mass is 706 g/mol. The SMILES string of the molecule is CCC1(C(OC)C(OC(=O)c2ccc(C(=O)OC(C(OC)C3(CC)COC3)C(OC)C3(CC)COC3)cc2)C(OC)C2(CC)COC2)COC1. The van der Waals surface area contributed by atoms with E-state index >= 15 is 0 Å². The predicted molar refractivity (Wildman–Crippen MR) is 182 cm³/mol. The van der Waals surface area contributed by atoms with Gasteiger partial charge in [-0.3, -0.25) is 0 Å². The fraction of sp³-hybridized carbons (Fsp3) is 0.789. The molecule has 0 bridgehead atoms. The minimum absolute atomic E-state index is 0.288. The minimum Gasteiger partial charge on any atom is -0.453 e. The first-order valence-corrected chi connectivity index (χ1v) is 18.1. The maximum Gasteiger partial charge on any atom is 0.338 e. The molecule has 0 N–H and O–H groups in total. The van der Waals surface area contributed by atoms with Crippen molar-refractivity contribution in [2.24, 2.45) is 21.7 Å². The quantitative estimate of drug-likeness (QED) is 0.177. The highest BCUT2D eigenvalue weighted by atomic mass is 16.6. The Balaban J connectivity index is 1.38. The topological polar surface area (TPSA) is 126 Å². The van der Waals surface area contributed by atoms with Crippen LogP contribution in [0.25, 0.3) is 0 Å². The number of hydrogen-bond acceptors (Lipinski definition) is 12. The average Bonchev–Trinajstić information content (AvgIpc) is 3.06. The molecule has 0 aromatic heterocycles. The summed E-state index contributed by atoms with van der Waals surface area (Å²) in [5.41, 5.74) is -0.685. The van der Waals surface area contributed by atoms with Crippen LogP contribution in [0.4, 0.5) is 0 Å². The summed E-state index contributed by atoms with van der Waals surface area (Å²) >= 11 is 0. The summed E-state index contributed by atoms with van der Waals surface area (Å²) < 4.78 is 59.6. The molecule has 12 heteroatoms. The van der Waals surface area contributed by atoms with Gasteiger partial charge in [-0.15, -0.1) is 0 Å². The molecule has 0 aliphatic carbocycles. The van der Waals surface area contributed by atoms with Crippen molar-refractivity contribution in [3.63, 3.8) is 0 Å². The van der Waals surface area contributed by atoms with Gasteiger partial charge in [0.2, 0.25) is 0 Å². The van der Waals surface area contributed by atoms with E-state index in [-0.39, 0.29) is 32.8 Å². The van der Waals surface area contributed by atoms with Crippen LogP contribution in [-0.2, 0) is 47.4 Å². The zero-order valence-corrected chi connectivity index (χ0v) is 31.2. The molecule has 50 heavy (non-hydrogen) atoms. The summed E-state index contributed by atoms with van der Waals surface area (Å²) in [4.78, 5) is 27.7. The van der Waals surface area contributed by atoms with Gasteiger partial charge in [0.25, 0.3) is 0 Å². The molecule has 0 saturated carbocycles. The molecule has 282 valence electrons. The number of carbonyl (C=O) groups excluding carboxylic acids is 2. The second-order valence-corrected chi connectivity index (χ2v) is 14.8. The number of esters is 2. The van der Waals surface area contributed by atoms with E-state index in [1.807, 2.05) is 0 Å². The van der Waals surface area contributed by atoms with E-state index in [1.165, 1.54) is 0 Å². The van der Waals surface area contributed by atoms with Gasteiger partial charge in [0, 0.05) is 50.1 Å². The maximum absolute atomic E-state index is 13.9. The molecule has 4 aliphatic heterocycles. The largest absolute Gasteiger partial charge is 0.453 e. The lowest BCUT2D eigenvalue weighted by molar-refractivity contribution is -0.258. The summed E-state index contributed by atoms with van der Waals surface area (Å²) in [5, 5.41) is 0. The number of benzene rings is 1. The maximum atomic E-state index is 13.9. The van der Waals surface area contributed by atoms with Crippen LogP contribution in [-0.4, -0.2) is 130 Å². The van der Waals surface area contributed by atoms with Crippen LogP contribution in [0.5, 0.6) is 0 Å². The lowest BCUT2D eigenvalue weighted by Crippen LogP contribution is -2.65.